The van der Waals surface area contributed by atoms with E-state index < -0.39 is 5.54 Å². The average molecular weight is 215 g/mol. The van der Waals surface area contributed by atoms with Crippen molar-refractivity contribution in [2.45, 2.75) is 47.1 Å². The van der Waals surface area contributed by atoms with E-state index in [1.54, 1.807) is 0 Å². The van der Waals surface area contributed by atoms with Crippen LogP contribution >= 0.6 is 0 Å². The van der Waals surface area contributed by atoms with Crippen LogP contribution in [-0.4, -0.2) is 24.7 Å². The molecule has 0 bridgehead atoms. The fourth-order valence-electron chi connectivity index (χ4n) is 1.21. The first-order valence-corrected chi connectivity index (χ1v) is 5.76. The number of esters is 1. The van der Waals surface area contributed by atoms with Gasteiger partial charge in [-0.15, -0.1) is 0 Å². The summed E-state index contributed by atoms with van der Waals surface area (Å²) >= 11 is 0. The topological polar surface area (TPSA) is 38.3 Å². The third kappa shape index (κ3) is 4.20. The number of hydrogen-bond donors (Lipinski definition) is 1. The molecule has 0 amide bonds. The van der Waals surface area contributed by atoms with Crippen molar-refractivity contribution in [1.29, 1.82) is 0 Å². The molecule has 0 rings (SSSR count). The Labute approximate surface area is 93.6 Å². The monoisotopic (exact) mass is 215 g/mol. The van der Waals surface area contributed by atoms with Gasteiger partial charge < -0.3 is 10.1 Å². The molecule has 0 heterocycles. The Hall–Kier alpha value is -0.570. The van der Waals surface area contributed by atoms with Crippen LogP contribution in [0.15, 0.2) is 0 Å². The molecule has 3 nitrogen and oxygen atoms in total. The van der Waals surface area contributed by atoms with Crippen LogP contribution in [-0.2, 0) is 9.53 Å². The Morgan fingerprint density at radius 2 is 1.87 bits per heavy atom. The SMILES string of the molecule is CCOC(=O)C(C)(NCC(C)C)C(C)C. The lowest BCUT2D eigenvalue weighted by molar-refractivity contribution is -0.152. The molecule has 0 aliphatic carbocycles. The number of ether oxygens (including phenoxy) is 1. The fourth-order valence-corrected chi connectivity index (χ4v) is 1.21. The molecule has 1 atom stereocenters. The summed E-state index contributed by atoms with van der Waals surface area (Å²) in [5.41, 5.74) is -0.569. The molecule has 3 heteroatoms. The Morgan fingerprint density at radius 3 is 2.20 bits per heavy atom. The van der Waals surface area contributed by atoms with Crippen molar-refractivity contribution in [3.05, 3.63) is 0 Å². The lowest BCUT2D eigenvalue weighted by Gasteiger charge is -2.33. The summed E-state index contributed by atoms with van der Waals surface area (Å²) in [6.45, 7) is 13.3. The minimum Gasteiger partial charge on any atom is -0.465 e. The van der Waals surface area contributed by atoms with Crippen molar-refractivity contribution in [2.75, 3.05) is 13.2 Å². The summed E-state index contributed by atoms with van der Waals surface area (Å²) in [4.78, 5) is 11.8. The van der Waals surface area contributed by atoms with Crippen LogP contribution < -0.4 is 5.32 Å². The highest BCUT2D eigenvalue weighted by atomic mass is 16.5. The lowest BCUT2D eigenvalue weighted by atomic mass is 9.88. The number of rotatable bonds is 6. The van der Waals surface area contributed by atoms with Crippen LogP contribution in [0.5, 0.6) is 0 Å². The Morgan fingerprint density at radius 1 is 1.33 bits per heavy atom. The van der Waals surface area contributed by atoms with Crippen LogP contribution in [0.1, 0.15) is 41.5 Å². The van der Waals surface area contributed by atoms with E-state index in [9.17, 15) is 4.79 Å². The fraction of sp³-hybridized carbons (Fsp3) is 0.917. The van der Waals surface area contributed by atoms with Gasteiger partial charge >= 0.3 is 5.97 Å². The van der Waals surface area contributed by atoms with Crippen molar-refractivity contribution in [1.82, 2.24) is 5.32 Å². The summed E-state index contributed by atoms with van der Waals surface area (Å²) in [5, 5.41) is 3.31. The van der Waals surface area contributed by atoms with Crippen LogP contribution in [0, 0.1) is 11.8 Å². The predicted molar refractivity (Wildman–Crippen MR) is 62.7 cm³/mol. The van der Waals surface area contributed by atoms with Crippen LogP contribution in [0.3, 0.4) is 0 Å². The highest BCUT2D eigenvalue weighted by molar-refractivity contribution is 5.80. The maximum absolute atomic E-state index is 11.8. The van der Waals surface area contributed by atoms with Gasteiger partial charge in [0.1, 0.15) is 5.54 Å². The van der Waals surface area contributed by atoms with Gasteiger partial charge in [0.25, 0.3) is 0 Å². The molecule has 0 spiro atoms. The molecule has 0 aromatic heterocycles. The van der Waals surface area contributed by atoms with Crippen molar-refractivity contribution in [2.24, 2.45) is 11.8 Å². The van der Waals surface area contributed by atoms with Gasteiger partial charge in [0.2, 0.25) is 0 Å². The van der Waals surface area contributed by atoms with Gasteiger partial charge in [0, 0.05) is 0 Å². The molecule has 0 saturated carbocycles. The lowest BCUT2D eigenvalue weighted by Crippen LogP contribution is -2.55. The molecule has 1 N–H and O–H groups in total. The smallest absolute Gasteiger partial charge is 0.326 e. The molecule has 90 valence electrons. The van der Waals surface area contributed by atoms with E-state index in [0.29, 0.717) is 12.5 Å². The highest BCUT2D eigenvalue weighted by Gasteiger charge is 2.37. The summed E-state index contributed by atoms with van der Waals surface area (Å²) < 4.78 is 5.10. The van der Waals surface area contributed by atoms with Crippen molar-refractivity contribution >= 4 is 5.97 Å². The molecule has 0 radical (unpaired) electrons. The second-order valence-corrected chi connectivity index (χ2v) is 4.85. The predicted octanol–water partition coefficient (Wildman–Crippen LogP) is 2.21. The van der Waals surface area contributed by atoms with Crippen molar-refractivity contribution in [3.8, 4) is 0 Å². The van der Waals surface area contributed by atoms with Gasteiger partial charge in [-0.1, -0.05) is 27.7 Å². The number of nitrogens with one attached hydrogen (secondary N) is 1. The number of carbonyl (C=O) groups excluding carboxylic acids is 1. The first-order valence-electron chi connectivity index (χ1n) is 5.76. The average Bonchev–Trinajstić information content (AvgIpc) is 2.14. The zero-order valence-corrected chi connectivity index (χ0v) is 10.9. The summed E-state index contributed by atoms with van der Waals surface area (Å²) in [6, 6.07) is 0. The first kappa shape index (κ1) is 14.4. The molecule has 0 aliphatic rings. The van der Waals surface area contributed by atoms with E-state index >= 15 is 0 Å². The van der Waals surface area contributed by atoms with Gasteiger partial charge in [-0.25, -0.2) is 0 Å². The molecule has 0 aromatic rings. The maximum Gasteiger partial charge on any atom is 0.326 e. The van der Waals surface area contributed by atoms with Gasteiger partial charge in [-0.3, -0.25) is 4.79 Å². The zero-order valence-electron chi connectivity index (χ0n) is 10.9. The van der Waals surface area contributed by atoms with Crippen LogP contribution in [0.2, 0.25) is 0 Å². The molecule has 15 heavy (non-hydrogen) atoms. The molecule has 0 fully saturated rings. The Balaban J connectivity index is 4.51. The van der Waals surface area contributed by atoms with E-state index in [4.69, 9.17) is 4.74 Å². The van der Waals surface area contributed by atoms with E-state index in [0.717, 1.165) is 6.54 Å². The zero-order chi connectivity index (χ0) is 12.1. The van der Waals surface area contributed by atoms with Crippen molar-refractivity contribution in [3.63, 3.8) is 0 Å². The minimum atomic E-state index is -0.569. The summed E-state index contributed by atoms with van der Waals surface area (Å²) in [6.07, 6.45) is 0. The molecule has 0 aromatic carbocycles. The van der Waals surface area contributed by atoms with Gasteiger partial charge in [0.15, 0.2) is 0 Å². The van der Waals surface area contributed by atoms with E-state index in [1.807, 2.05) is 27.7 Å². The summed E-state index contributed by atoms with van der Waals surface area (Å²) in [5.74, 6) is 0.591. The second-order valence-electron chi connectivity index (χ2n) is 4.85. The van der Waals surface area contributed by atoms with Gasteiger partial charge in [0.05, 0.1) is 6.61 Å². The summed E-state index contributed by atoms with van der Waals surface area (Å²) in [7, 11) is 0. The molecule has 1 unspecified atom stereocenters. The van der Waals surface area contributed by atoms with Crippen molar-refractivity contribution < 1.29 is 9.53 Å². The Bertz CT molecular complexity index is 202. The Kier molecular flexibility index (Phi) is 5.88. The molecule has 0 saturated heterocycles. The number of carbonyl (C=O) groups is 1. The molecular formula is C12H25NO2. The molecular weight excluding hydrogens is 190 g/mol. The number of hydrogen-bond acceptors (Lipinski definition) is 3. The quantitative estimate of drug-likeness (QED) is 0.690. The second kappa shape index (κ2) is 6.11. The van der Waals surface area contributed by atoms with E-state index in [2.05, 4.69) is 19.2 Å². The highest BCUT2D eigenvalue weighted by Crippen LogP contribution is 2.18. The van der Waals surface area contributed by atoms with E-state index in [-0.39, 0.29) is 11.9 Å². The van der Waals surface area contributed by atoms with Gasteiger partial charge in [-0.05, 0) is 32.2 Å². The first-order chi connectivity index (χ1) is 6.84. The van der Waals surface area contributed by atoms with Gasteiger partial charge in [-0.2, -0.15) is 0 Å². The molecule has 0 aliphatic heterocycles. The van der Waals surface area contributed by atoms with Crippen LogP contribution in [0.25, 0.3) is 0 Å². The standard InChI is InChI=1S/C12H25NO2/c1-7-15-11(14)12(6,10(4)5)13-8-9(2)3/h9-10,13H,7-8H2,1-6H3. The third-order valence-corrected chi connectivity index (χ3v) is 2.73. The largest absolute Gasteiger partial charge is 0.465 e. The van der Waals surface area contributed by atoms with Crippen LogP contribution in [0.4, 0.5) is 0 Å². The normalized spacial score (nSPS) is 15.5. The minimum absolute atomic E-state index is 0.152. The third-order valence-electron chi connectivity index (χ3n) is 2.73. The van der Waals surface area contributed by atoms with E-state index in [1.165, 1.54) is 0 Å². The maximum atomic E-state index is 11.8.